The Labute approximate surface area is 363 Å². The number of benzene rings is 10. The molecule has 0 saturated heterocycles. The third-order valence-corrected chi connectivity index (χ3v) is 13.6. The number of nitrogens with zero attached hydrogens (tertiary/aromatic N) is 2. The third-order valence-electron chi connectivity index (χ3n) is 13.6. The van der Waals surface area contributed by atoms with Gasteiger partial charge in [-0.25, -0.2) is 0 Å². The number of anilines is 3. The molecule has 0 saturated carbocycles. The Bertz CT molecular complexity index is 3850. The van der Waals surface area contributed by atoms with Gasteiger partial charge in [0, 0.05) is 50.4 Å². The molecule has 0 amide bonds. The zero-order chi connectivity index (χ0) is 41.2. The highest BCUT2D eigenvalue weighted by Gasteiger charge is 2.49. The van der Waals surface area contributed by atoms with Crippen molar-refractivity contribution in [2.75, 3.05) is 4.90 Å². The second-order valence-electron chi connectivity index (χ2n) is 16.8. The van der Waals surface area contributed by atoms with E-state index in [9.17, 15) is 0 Å². The van der Waals surface area contributed by atoms with Gasteiger partial charge in [0.15, 0.2) is 0 Å². The molecular formula is C59H36N2O2. The Hall–Kier alpha value is -8.34. The maximum atomic E-state index is 7.08. The van der Waals surface area contributed by atoms with Gasteiger partial charge in [-0.15, -0.1) is 0 Å². The van der Waals surface area contributed by atoms with Crippen molar-refractivity contribution >= 4 is 71.6 Å². The van der Waals surface area contributed by atoms with Crippen LogP contribution in [0.5, 0.6) is 11.5 Å². The predicted molar refractivity (Wildman–Crippen MR) is 258 cm³/mol. The zero-order valence-corrected chi connectivity index (χ0v) is 34.0. The van der Waals surface area contributed by atoms with Gasteiger partial charge < -0.3 is 18.6 Å². The quantitative estimate of drug-likeness (QED) is 0.178. The summed E-state index contributed by atoms with van der Waals surface area (Å²) in [7, 11) is 0. The van der Waals surface area contributed by atoms with Crippen molar-refractivity contribution in [3.63, 3.8) is 0 Å². The SMILES string of the molecule is c1ccc(N(c2ccc3c(c2)Oc2ccccc2C32c3ccccc3-c3cccc4cccc2c34)c2ccc3c4ccccc4n(-c4cccc5oc6ccccc6c45)c3c2)cc1. The molecule has 1 unspecified atom stereocenters. The summed E-state index contributed by atoms with van der Waals surface area (Å²) in [5.41, 5.74) is 14.9. The molecule has 14 rings (SSSR count). The molecule has 1 aliphatic carbocycles. The summed E-state index contributed by atoms with van der Waals surface area (Å²) in [5.74, 6) is 1.71. The smallest absolute Gasteiger partial charge is 0.137 e. The van der Waals surface area contributed by atoms with Gasteiger partial charge in [-0.2, -0.15) is 0 Å². The molecule has 0 fully saturated rings. The summed E-state index contributed by atoms with van der Waals surface area (Å²) in [6.07, 6.45) is 0. The molecule has 0 bridgehead atoms. The van der Waals surface area contributed by atoms with Crippen LogP contribution in [0.25, 0.3) is 71.3 Å². The molecule has 1 spiro atoms. The molecule has 10 aromatic carbocycles. The first-order valence-corrected chi connectivity index (χ1v) is 21.6. The van der Waals surface area contributed by atoms with E-state index in [1.807, 2.05) is 6.07 Å². The number of fused-ring (bicyclic) bond motifs is 14. The Kier molecular flexibility index (Phi) is 7.01. The van der Waals surface area contributed by atoms with Gasteiger partial charge in [-0.05, 0) is 93.7 Å². The van der Waals surface area contributed by atoms with E-state index in [2.05, 4.69) is 222 Å². The first kappa shape index (κ1) is 34.4. The lowest BCUT2D eigenvalue weighted by Gasteiger charge is -2.45. The van der Waals surface area contributed by atoms with Crippen molar-refractivity contribution in [1.82, 2.24) is 4.57 Å². The van der Waals surface area contributed by atoms with Crippen molar-refractivity contribution in [3.05, 3.63) is 241 Å². The highest BCUT2D eigenvalue weighted by atomic mass is 16.5. The van der Waals surface area contributed by atoms with E-state index in [1.165, 1.54) is 43.8 Å². The topological polar surface area (TPSA) is 30.5 Å². The largest absolute Gasteiger partial charge is 0.457 e. The van der Waals surface area contributed by atoms with E-state index in [4.69, 9.17) is 9.15 Å². The minimum absolute atomic E-state index is 0.608. The van der Waals surface area contributed by atoms with Crippen LogP contribution >= 0.6 is 0 Å². The molecule has 1 aliphatic heterocycles. The summed E-state index contributed by atoms with van der Waals surface area (Å²) >= 11 is 0. The van der Waals surface area contributed by atoms with E-state index in [1.54, 1.807) is 0 Å². The molecule has 2 aromatic heterocycles. The van der Waals surface area contributed by atoms with Crippen LogP contribution in [0, 0.1) is 0 Å². The Morgan fingerprint density at radius 3 is 1.95 bits per heavy atom. The number of hydrogen-bond acceptors (Lipinski definition) is 3. The number of hydrogen-bond donors (Lipinski definition) is 0. The molecule has 0 N–H and O–H groups in total. The minimum Gasteiger partial charge on any atom is -0.457 e. The van der Waals surface area contributed by atoms with Crippen LogP contribution in [-0.4, -0.2) is 4.57 Å². The summed E-state index contributed by atoms with van der Waals surface area (Å²) < 4.78 is 15.9. The third kappa shape index (κ3) is 4.64. The van der Waals surface area contributed by atoms with E-state index < -0.39 is 5.41 Å². The number of ether oxygens (including phenoxy) is 1. The van der Waals surface area contributed by atoms with Crippen molar-refractivity contribution in [1.29, 1.82) is 0 Å². The Balaban J connectivity index is 1.02. The van der Waals surface area contributed by atoms with E-state index >= 15 is 0 Å². The van der Waals surface area contributed by atoms with Gasteiger partial charge in [0.25, 0.3) is 0 Å². The summed E-state index contributed by atoms with van der Waals surface area (Å²) in [6, 6.07) is 78.9. The molecule has 63 heavy (non-hydrogen) atoms. The van der Waals surface area contributed by atoms with Crippen LogP contribution in [0.3, 0.4) is 0 Å². The monoisotopic (exact) mass is 804 g/mol. The lowest BCUT2D eigenvalue weighted by Crippen LogP contribution is -2.36. The lowest BCUT2D eigenvalue weighted by atomic mass is 9.58. The summed E-state index contributed by atoms with van der Waals surface area (Å²) in [6.45, 7) is 0. The zero-order valence-electron chi connectivity index (χ0n) is 34.0. The molecule has 2 aliphatic rings. The van der Waals surface area contributed by atoms with E-state index in [0.29, 0.717) is 0 Å². The van der Waals surface area contributed by atoms with Crippen LogP contribution in [0.15, 0.2) is 223 Å². The number of furan rings is 1. The molecule has 4 heteroatoms. The lowest BCUT2D eigenvalue weighted by molar-refractivity contribution is 0.435. The molecule has 1 atom stereocenters. The maximum absolute atomic E-state index is 7.08. The molecule has 294 valence electrons. The first-order valence-electron chi connectivity index (χ1n) is 21.6. The minimum atomic E-state index is -0.608. The molecule has 3 heterocycles. The number of para-hydroxylation sites is 4. The van der Waals surface area contributed by atoms with Crippen LogP contribution in [-0.2, 0) is 5.41 Å². The van der Waals surface area contributed by atoms with Gasteiger partial charge in [-0.1, -0.05) is 152 Å². The predicted octanol–water partition coefficient (Wildman–Crippen LogP) is 15.8. The van der Waals surface area contributed by atoms with Crippen LogP contribution in [0.2, 0.25) is 0 Å². The second-order valence-corrected chi connectivity index (χ2v) is 16.8. The fraction of sp³-hybridized carbons (Fsp3) is 0.0169. The van der Waals surface area contributed by atoms with Gasteiger partial charge in [0.2, 0.25) is 0 Å². The highest BCUT2D eigenvalue weighted by molar-refractivity contribution is 6.15. The molecule has 0 radical (unpaired) electrons. The average Bonchev–Trinajstić information content (AvgIpc) is 3.89. The molecular weight excluding hydrogens is 769 g/mol. The van der Waals surface area contributed by atoms with E-state index in [0.717, 1.165) is 78.3 Å². The first-order chi connectivity index (χ1) is 31.3. The Morgan fingerprint density at radius 2 is 1.03 bits per heavy atom. The van der Waals surface area contributed by atoms with Crippen LogP contribution in [0.1, 0.15) is 22.3 Å². The van der Waals surface area contributed by atoms with Crippen molar-refractivity contribution in [2.45, 2.75) is 5.41 Å². The van der Waals surface area contributed by atoms with Gasteiger partial charge in [0.1, 0.15) is 22.7 Å². The normalized spacial score (nSPS) is 14.9. The van der Waals surface area contributed by atoms with Crippen LogP contribution in [0.4, 0.5) is 17.1 Å². The van der Waals surface area contributed by atoms with Gasteiger partial charge >= 0.3 is 0 Å². The molecule has 12 aromatic rings. The van der Waals surface area contributed by atoms with Crippen molar-refractivity contribution in [2.24, 2.45) is 0 Å². The summed E-state index contributed by atoms with van der Waals surface area (Å²) in [5, 5.41) is 7.12. The number of rotatable bonds is 4. The second kappa shape index (κ2) is 12.8. The highest BCUT2D eigenvalue weighted by Crippen LogP contribution is 2.61. The summed E-state index contributed by atoms with van der Waals surface area (Å²) in [4.78, 5) is 2.36. The van der Waals surface area contributed by atoms with Gasteiger partial charge in [-0.3, -0.25) is 0 Å². The van der Waals surface area contributed by atoms with Crippen LogP contribution < -0.4 is 9.64 Å². The number of aromatic nitrogens is 1. The maximum Gasteiger partial charge on any atom is 0.137 e. The average molecular weight is 805 g/mol. The van der Waals surface area contributed by atoms with Gasteiger partial charge in [0.05, 0.1) is 27.5 Å². The molecule has 4 nitrogen and oxygen atoms in total. The van der Waals surface area contributed by atoms with E-state index in [-0.39, 0.29) is 0 Å². The fourth-order valence-electron chi connectivity index (χ4n) is 11.1. The standard InChI is InChI=1S/C59H36N2O2/c1-2-17-38(18-3-1)60(39-31-33-43-42-20-5-9-26-50(42)61(52(43)35-39)51-27-14-30-55-58(51)45-21-6-10-28-53(45)62-55)40-32-34-48-56(36-40)63-54-29-11-8-24-47(54)59(48)46-23-7-4-19-41(46)44-22-12-15-37-16-13-25-49(59)57(37)44/h1-36H. The Morgan fingerprint density at radius 1 is 0.381 bits per heavy atom. The van der Waals surface area contributed by atoms with Crippen molar-refractivity contribution < 1.29 is 9.15 Å². The van der Waals surface area contributed by atoms with Crippen molar-refractivity contribution in [3.8, 4) is 28.3 Å². The fourth-order valence-corrected chi connectivity index (χ4v) is 11.1.